The van der Waals surface area contributed by atoms with Gasteiger partial charge in [0.05, 0.1) is 0 Å². The number of nitrogens with zero attached hydrogens (tertiary/aromatic N) is 1. The number of primary amides is 1. The van der Waals surface area contributed by atoms with Gasteiger partial charge in [0, 0.05) is 13.1 Å². The number of nitrogens with two attached hydrogens (primary N) is 1. The van der Waals surface area contributed by atoms with Gasteiger partial charge in [0.15, 0.2) is 0 Å². The Balaban J connectivity index is 3.22. The number of hydrogen-bond acceptors (Lipinski definition) is 1. The topological polar surface area (TPSA) is 46.3 Å². The van der Waals surface area contributed by atoms with E-state index in [0.717, 1.165) is 32.4 Å². The fourth-order valence-corrected chi connectivity index (χ4v) is 3.53. The summed E-state index contributed by atoms with van der Waals surface area (Å²) in [4.78, 5) is 13.2. The zero-order valence-corrected chi connectivity index (χ0v) is 18.1. The Hall–Kier alpha value is -0.730. The molecule has 0 saturated carbocycles. The summed E-state index contributed by atoms with van der Waals surface area (Å²) in [6, 6.07) is -0.251. The Morgan fingerprint density at radius 1 is 0.538 bits per heavy atom. The SMILES string of the molecule is CCCCCCCCCCCCCCCCCCN(CCCC)C(N)=O. The molecule has 0 aromatic heterocycles. The first kappa shape index (κ1) is 25.3. The molecular formula is C23H48N2O. The van der Waals surface area contributed by atoms with E-state index in [4.69, 9.17) is 5.73 Å². The van der Waals surface area contributed by atoms with E-state index < -0.39 is 0 Å². The molecule has 0 atom stereocenters. The number of amides is 2. The average Bonchev–Trinajstić information content (AvgIpc) is 2.63. The Morgan fingerprint density at radius 3 is 1.19 bits per heavy atom. The highest BCUT2D eigenvalue weighted by Gasteiger charge is 2.07. The molecule has 0 bridgehead atoms. The summed E-state index contributed by atoms with van der Waals surface area (Å²) in [6.07, 6.45) is 24.2. The Labute approximate surface area is 164 Å². The molecule has 156 valence electrons. The standard InChI is InChI=1S/C23H48N2O/c1-3-5-7-8-9-10-11-12-13-14-15-16-17-18-19-20-22-25(23(24)26)21-6-4-2/h3-22H2,1-2H3,(H2,24,26). The second kappa shape index (κ2) is 20.6. The van der Waals surface area contributed by atoms with Crippen LogP contribution in [0.3, 0.4) is 0 Å². The van der Waals surface area contributed by atoms with Crippen molar-refractivity contribution in [2.75, 3.05) is 13.1 Å². The average molecular weight is 369 g/mol. The van der Waals surface area contributed by atoms with E-state index in [1.807, 2.05) is 4.90 Å². The van der Waals surface area contributed by atoms with Crippen molar-refractivity contribution in [3.63, 3.8) is 0 Å². The highest BCUT2D eigenvalue weighted by atomic mass is 16.2. The molecule has 0 saturated heterocycles. The molecule has 0 aliphatic rings. The van der Waals surface area contributed by atoms with E-state index >= 15 is 0 Å². The van der Waals surface area contributed by atoms with Gasteiger partial charge in [-0.05, 0) is 12.8 Å². The minimum absolute atomic E-state index is 0.251. The van der Waals surface area contributed by atoms with Gasteiger partial charge >= 0.3 is 6.03 Å². The Morgan fingerprint density at radius 2 is 0.846 bits per heavy atom. The van der Waals surface area contributed by atoms with Crippen LogP contribution in [0, 0.1) is 0 Å². The van der Waals surface area contributed by atoms with Crippen molar-refractivity contribution in [1.29, 1.82) is 0 Å². The van der Waals surface area contributed by atoms with Crippen molar-refractivity contribution in [3.05, 3.63) is 0 Å². The van der Waals surface area contributed by atoms with Gasteiger partial charge in [-0.25, -0.2) is 4.79 Å². The van der Waals surface area contributed by atoms with Crippen molar-refractivity contribution >= 4 is 6.03 Å². The fourth-order valence-electron chi connectivity index (χ4n) is 3.53. The van der Waals surface area contributed by atoms with Gasteiger partial charge < -0.3 is 10.6 Å². The number of unbranched alkanes of at least 4 members (excludes halogenated alkanes) is 16. The molecule has 0 heterocycles. The van der Waals surface area contributed by atoms with Crippen LogP contribution in [0.1, 0.15) is 129 Å². The zero-order valence-electron chi connectivity index (χ0n) is 18.1. The minimum Gasteiger partial charge on any atom is -0.351 e. The summed E-state index contributed by atoms with van der Waals surface area (Å²) in [5.74, 6) is 0. The molecule has 0 fully saturated rings. The second-order valence-electron chi connectivity index (χ2n) is 7.98. The van der Waals surface area contributed by atoms with Crippen LogP contribution in [0.4, 0.5) is 4.79 Å². The molecule has 0 aromatic carbocycles. The number of hydrogen-bond donors (Lipinski definition) is 1. The van der Waals surface area contributed by atoms with Crippen LogP contribution in [0.15, 0.2) is 0 Å². The lowest BCUT2D eigenvalue weighted by Gasteiger charge is -2.19. The van der Waals surface area contributed by atoms with Crippen LogP contribution in [0.2, 0.25) is 0 Å². The van der Waals surface area contributed by atoms with Crippen molar-refractivity contribution < 1.29 is 4.79 Å². The molecule has 0 aromatic rings. The van der Waals surface area contributed by atoms with Crippen LogP contribution in [0.25, 0.3) is 0 Å². The van der Waals surface area contributed by atoms with Crippen molar-refractivity contribution in [1.82, 2.24) is 4.90 Å². The molecular weight excluding hydrogens is 320 g/mol. The van der Waals surface area contributed by atoms with E-state index in [-0.39, 0.29) is 6.03 Å². The lowest BCUT2D eigenvalue weighted by molar-refractivity contribution is 0.205. The molecule has 3 heteroatoms. The quantitative estimate of drug-likeness (QED) is 0.223. The molecule has 0 spiro atoms. The first-order valence-electron chi connectivity index (χ1n) is 11.8. The smallest absolute Gasteiger partial charge is 0.314 e. The first-order valence-corrected chi connectivity index (χ1v) is 11.8. The van der Waals surface area contributed by atoms with Gasteiger partial charge in [-0.1, -0.05) is 117 Å². The van der Waals surface area contributed by atoms with Gasteiger partial charge in [-0.3, -0.25) is 0 Å². The second-order valence-corrected chi connectivity index (χ2v) is 7.98. The van der Waals surface area contributed by atoms with Crippen LogP contribution >= 0.6 is 0 Å². The Kier molecular flexibility index (Phi) is 20.0. The highest BCUT2D eigenvalue weighted by molar-refractivity contribution is 5.71. The molecule has 2 amide bonds. The fraction of sp³-hybridized carbons (Fsp3) is 0.957. The van der Waals surface area contributed by atoms with Crippen molar-refractivity contribution in [2.45, 2.75) is 129 Å². The van der Waals surface area contributed by atoms with Gasteiger partial charge in [-0.15, -0.1) is 0 Å². The normalized spacial score (nSPS) is 11.0. The number of carbonyl (C=O) groups excluding carboxylic acids is 1. The molecule has 0 radical (unpaired) electrons. The molecule has 0 aliphatic heterocycles. The third-order valence-corrected chi connectivity index (χ3v) is 5.37. The summed E-state index contributed by atoms with van der Waals surface area (Å²) in [5.41, 5.74) is 5.43. The zero-order chi connectivity index (χ0) is 19.3. The molecule has 26 heavy (non-hydrogen) atoms. The number of carbonyl (C=O) groups is 1. The van der Waals surface area contributed by atoms with Crippen LogP contribution in [0.5, 0.6) is 0 Å². The van der Waals surface area contributed by atoms with Crippen LogP contribution in [-0.4, -0.2) is 24.0 Å². The summed E-state index contributed by atoms with van der Waals surface area (Å²) in [7, 11) is 0. The number of urea groups is 1. The summed E-state index contributed by atoms with van der Waals surface area (Å²) in [5, 5.41) is 0. The van der Waals surface area contributed by atoms with E-state index in [9.17, 15) is 4.79 Å². The largest absolute Gasteiger partial charge is 0.351 e. The highest BCUT2D eigenvalue weighted by Crippen LogP contribution is 2.13. The molecule has 0 unspecified atom stereocenters. The summed E-state index contributed by atoms with van der Waals surface area (Å²) in [6.45, 7) is 6.10. The lowest BCUT2D eigenvalue weighted by Crippen LogP contribution is -2.37. The predicted molar refractivity (Wildman–Crippen MR) is 116 cm³/mol. The molecule has 3 nitrogen and oxygen atoms in total. The third-order valence-electron chi connectivity index (χ3n) is 5.37. The molecule has 0 aliphatic carbocycles. The number of rotatable bonds is 20. The van der Waals surface area contributed by atoms with Crippen LogP contribution < -0.4 is 5.73 Å². The van der Waals surface area contributed by atoms with E-state index in [2.05, 4.69) is 13.8 Å². The predicted octanol–water partition coefficient (Wildman–Crippen LogP) is 7.43. The third kappa shape index (κ3) is 18.1. The first-order chi connectivity index (χ1) is 12.7. The van der Waals surface area contributed by atoms with Gasteiger partial charge in [0.2, 0.25) is 0 Å². The lowest BCUT2D eigenvalue weighted by atomic mass is 10.0. The van der Waals surface area contributed by atoms with E-state index in [1.165, 1.54) is 96.3 Å². The minimum atomic E-state index is -0.251. The maximum atomic E-state index is 11.3. The van der Waals surface area contributed by atoms with Crippen LogP contribution in [-0.2, 0) is 0 Å². The van der Waals surface area contributed by atoms with E-state index in [1.54, 1.807) is 0 Å². The maximum absolute atomic E-state index is 11.3. The van der Waals surface area contributed by atoms with E-state index in [0.29, 0.717) is 0 Å². The molecule has 2 N–H and O–H groups in total. The maximum Gasteiger partial charge on any atom is 0.314 e. The molecule has 0 rings (SSSR count). The monoisotopic (exact) mass is 368 g/mol. The Bertz CT molecular complexity index is 294. The van der Waals surface area contributed by atoms with Crippen molar-refractivity contribution in [3.8, 4) is 0 Å². The van der Waals surface area contributed by atoms with Gasteiger partial charge in [0.25, 0.3) is 0 Å². The van der Waals surface area contributed by atoms with Crippen molar-refractivity contribution in [2.24, 2.45) is 5.73 Å². The van der Waals surface area contributed by atoms with Gasteiger partial charge in [-0.2, -0.15) is 0 Å². The van der Waals surface area contributed by atoms with Gasteiger partial charge in [0.1, 0.15) is 0 Å². The summed E-state index contributed by atoms with van der Waals surface area (Å²) >= 11 is 0. The summed E-state index contributed by atoms with van der Waals surface area (Å²) < 4.78 is 0.